The number of ether oxygens (including phenoxy) is 2. The van der Waals surface area contributed by atoms with Gasteiger partial charge in [0.2, 0.25) is 0 Å². The number of halogens is 1. The predicted molar refractivity (Wildman–Crippen MR) is 120 cm³/mol. The maximum Gasteiger partial charge on any atom is 0.396 e. The number of esters is 1. The van der Waals surface area contributed by atoms with E-state index in [1.807, 2.05) is 24.3 Å². The first kappa shape index (κ1) is 20.9. The van der Waals surface area contributed by atoms with Gasteiger partial charge in [-0.3, -0.25) is 9.78 Å². The second-order valence-electron chi connectivity index (χ2n) is 8.02. The Labute approximate surface area is 189 Å². The summed E-state index contributed by atoms with van der Waals surface area (Å²) >= 11 is 0. The molecule has 5 rings (SSSR count). The Balaban J connectivity index is 1.64. The lowest BCUT2D eigenvalue weighted by Crippen LogP contribution is -2.41. The van der Waals surface area contributed by atoms with E-state index in [2.05, 4.69) is 15.8 Å². The molecule has 4 aromatic rings. The minimum absolute atomic E-state index is 0.185. The molecule has 1 aliphatic rings. The molecular weight excluding hydrogens is 425 g/mol. The highest BCUT2D eigenvalue weighted by Crippen LogP contribution is 2.35. The monoisotopic (exact) mass is 447 g/mol. The Morgan fingerprint density at radius 2 is 2.00 bits per heavy atom. The van der Waals surface area contributed by atoms with Crippen molar-refractivity contribution in [3.63, 3.8) is 0 Å². The number of carbonyl (C=O) groups excluding carboxylic acids is 2. The van der Waals surface area contributed by atoms with E-state index in [1.54, 1.807) is 6.07 Å². The molecule has 0 aliphatic carbocycles. The number of nitrogens with one attached hydrogen (secondary N) is 1. The van der Waals surface area contributed by atoms with E-state index in [0.29, 0.717) is 19.4 Å². The molecule has 33 heavy (non-hydrogen) atoms. The zero-order chi connectivity index (χ0) is 23.1. The van der Waals surface area contributed by atoms with Gasteiger partial charge in [0.25, 0.3) is 0 Å². The van der Waals surface area contributed by atoms with Crippen LogP contribution >= 0.6 is 0 Å². The summed E-state index contributed by atoms with van der Waals surface area (Å²) in [6.07, 6.45) is 0.962. The summed E-state index contributed by atoms with van der Waals surface area (Å²) in [5.41, 5.74) is 5.17. The molecule has 7 nitrogen and oxygen atoms in total. The number of fused-ring (bicyclic) bond motifs is 5. The number of H-pyrrole nitrogens is 1. The van der Waals surface area contributed by atoms with E-state index in [-0.39, 0.29) is 12.3 Å². The maximum absolute atomic E-state index is 14.3. The van der Waals surface area contributed by atoms with Crippen molar-refractivity contribution in [2.75, 3.05) is 20.8 Å². The van der Waals surface area contributed by atoms with Gasteiger partial charge in [-0.25, -0.2) is 9.18 Å². The van der Waals surface area contributed by atoms with Crippen LogP contribution in [0.15, 0.2) is 42.5 Å². The number of nitrogens with zero attached hydrogens (tertiary/aromatic N) is 2. The Kier molecular flexibility index (Phi) is 5.20. The fourth-order valence-corrected chi connectivity index (χ4v) is 4.54. The maximum atomic E-state index is 14.3. The van der Waals surface area contributed by atoms with E-state index < -0.39 is 17.7 Å². The normalized spacial score (nSPS) is 13.2. The van der Waals surface area contributed by atoms with Gasteiger partial charge in [0, 0.05) is 29.3 Å². The zero-order valence-electron chi connectivity index (χ0n) is 18.3. The number of benzene rings is 2. The topological polar surface area (TPSA) is 84.5 Å². The van der Waals surface area contributed by atoms with E-state index in [9.17, 15) is 14.0 Å². The number of carbonyl (C=O) groups is 2. The first-order valence-electron chi connectivity index (χ1n) is 10.6. The molecule has 1 N–H and O–H groups in total. The lowest BCUT2D eigenvalue weighted by Gasteiger charge is -2.28. The average Bonchev–Trinajstić information content (AvgIpc) is 3.23. The van der Waals surface area contributed by atoms with Gasteiger partial charge in [0.15, 0.2) is 11.6 Å². The van der Waals surface area contributed by atoms with Crippen LogP contribution < -0.4 is 4.74 Å². The minimum atomic E-state index is -0.888. The van der Waals surface area contributed by atoms with Crippen LogP contribution in [0.25, 0.3) is 21.8 Å². The fourth-order valence-electron chi connectivity index (χ4n) is 4.54. The number of para-hydroxylation sites is 1. The summed E-state index contributed by atoms with van der Waals surface area (Å²) in [5.74, 6) is -1.82. The van der Waals surface area contributed by atoms with Crippen LogP contribution in [0.3, 0.4) is 0 Å². The highest BCUT2D eigenvalue weighted by molar-refractivity contribution is 6.32. The number of hydrogen-bond acceptors (Lipinski definition) is 5. The van der Waals surface area contributed by atoms with Crippen molar-refractivity contribution in [1.82, 2.24) is 14.9 Å². The number of hydrogen-bond donors (Lipinski definition) is 1. The lowest BCUT2D eigenvalue weighted by molar-refractivity contribution is -0.158. The smallest absolute Gasteiger partial charge is 0.396 e. The zero-order valence-corrected chi connectivity index (χ0v) is 18.3. The Morgan fingerprint density at radius 1 is 1.18 bits per heavy atom. The Hall–Kier alpha value is -3.94. The summed E-state index contributed by atoms with van der Waals surface area (Å²) in [4.78, 5) is 34.0. The Bertz CT molecular complexity index is 1410. The second kappa shape index (κ2) is 8.20. The van der Waals surface area contributed by atoms with Gasteiger partial charge in [0.05, 0.1) is 37.7 Å². The summed E-state index contributed by atoms with van der Waals surface area (Å²) in [5, 5.41) is 2.13. The van der Waals surface area contributed by atoms with Crippen molar-refractivity contribution in [3.05, 3.63) is 70.8 Å². The molecule has 1 aliphatic heterocycles. The molecule has 0 spiro atoms. The van der Waals surface area contributed by atoms with E-state index in [4.69, 9.17) is 9.72 Å². The molecule has 2 aromatic heterocycles. The van der Waals surface area contributed by atoms with Crippen LogP contribution in [0.2, 0.25) is 0 Å². The van der Waals surface area contributed by atoms with Gasteiger partial charge >= 0.3 is 11.9 Å². The van der Waals surface area contributed by atoms with Gasteiger partial charge < -0.3 is 19.4 Å². The molecule has 8 heteroatoms. The van der Waals surface area contributed by atoms with Gasteiger partial charge in [-0.1, -0.05) is 24.3 Å². The molecule has 3 heterocycles. The van der Waals surface area contributed by atoms with Crippen molar-refractivity contribution in [2.24, 2.45) is 0 Å². The lowest BCUT2D eigenvalue weighted by atomic mass is 9.96. The number of aromatic amines is 1. The van der Waals surface area contributed by atoms with E-state index in [1.165, 1.54) is 25.2 Å². The number of aromatic nitrogens is 2. The molecule has 0 saturated carbocycles. The summed E-state index contributed by atoms with van der Waals surface area (Å²) in [6.45, 7) is 0.614. The number of rotatable bonds is 3. The summed E-state index contributed by atoms with van der Waals surface area (Å²) in [7, 11) is 2.62. The van der Waals surface area contributed by atoms with Crippen molar-refractivity contribution in [3.8, 4) is 5.75 Å². The fraction of sp³-hybridized carbons (Fsp3) is 0.240. The standard InChI is InChI=1S/C25H22FN3O4/c1-32-21-8-7-14(11-17(21)26)12-19-23-22(15-5-3-4-6-18(15)28-23)16-9-10-29(13-20(16)27-19)24(30)25(31)33-2/h3-8,11,28H,9-10,12-13H2,1-2H3. The van der Waals surface area contributed by atoms with Crippen molar-refractivity contribution >= 4 is 33.7 Å². The molecule has 0 atom stereocenters. The molecule has 0 bridgehead atoms. The minimum Gasteiger partial charge on any atom is -0.494 e. The van der Waals surface area contributed by atoms with Crippen molar-refractivity contribution < 1.29 is 23.5 Å². The molecule has 168 valence electrons. The molecule has 0 saturated heterocycles. The number of amides is 1. The SMILES string of the molecule is COC(=O)C(=O)N1CCc2c(nc(Cc3ccc(OC)c(F)c3)c3[nH]c4ccccc4c23)C1. The van der Waals surface area contributed by atoms with Crippen LogP contribution in [0.1, 0.15) is 22.5 Å². The molecule has 1 amide bonds. The average molecular weight is 447 g/mol. The first-order chi connectivity index (χ1) is 16.0. The van der Waals surface area contributed by atoms with Gasteiger partial charge in [-0.05, 0) is 35.7 Å². The predicted octanol–water partition coefficient (Wildman–Crippen LogP) is 3.51. The van der Waals surface area contributed by atoms with Crippen molar-refractivity contribution in [1.29, 1.82) is 0 Å². The molecular formula is C25H22FN3O4. The first-order valence-corrected chi connectivity index (χ1v) is 10.6. The largest absolute Gasteiger partial charge is 0.494 e. The van der Waals surface area contributed by atoms with Crippen LogP contribution in [0.4, 0.5) is 4.39 Å². The Morgan fingerprint density at radius 3 is 2.76 bits per heavy atom. The quantitative estimate of drug-likeness (QED) is 0.384. The third-order valence-corrected chi connectivity index (χ3v) is 6.12. The molecule has 2 aromatic carbocycles. The van der Waals surface area contributed by atoms with Crippen LogP contribution in [0, 0.1) is 5.82 Å². The third kappa shape index (κ3) is 3.57. The van der Waals surface area contributed by atoms with Gasteiger partial charge in [-0.2, -0.15) is 0 Å². The molecule has 0 unspecified atom stereocenters. The third-order valence-electron chi connectivity index (χ3n) is 6.12. The van der Waals surface area contributed by atoms with Crippen LogP contribution in [-0.2, 0) is 33.7 Å². The van der Waals surface area contributed by atoms with Crippen LogP contribution in [-0.4, -0.2) is 47.5 Å². The van der Waals surface area contributed by atoms with Gasteiger partial charge in [0.1, 0.15) is 0 Å². The van der Waals surface area contributed by atoms with Crippen molar-refractivity contribution in [2.45, 2.75) is 19.4 Å². The van der Waals surface area contributed by atoms with E-state index >= 15 is 0 Å². The highest BCUT2D eigenvalue weighted by atomic mass is 19.1. The molecule has 0 fully saturated rings. The highest BCUT2D eigenvalue weighted by Gasteiger charge is 2.29. The summed E-state index contributed by atoms with van der Waals surface area (Å²) < 4.78 is 23.9. The van der Waals surface area contributed by atoms with Crippen LogP contribution in [0.5, 0.6) is 5.75 Å². The summed E-state index contributed by atoms with van der Waals surface area (Å²) in [6, 6.07) is 12.9. The second-order valence-corrected chi connectivity index (χ2v) is 8.02. The van der Waals surface area contributed by atoms with Gasteiger partial charge in [-0.15, -0.1) is 0 Å². The number of methoxy groups -OCH3 is 2. The number of pyridine rings is 1. The van der Waals surface area contributed by atoms with E-state index in [0.717, 1.165) is 44.3 Å². The molecule has 0 radical (unpaired) electrons.